The Labute approximate surface area is 148 Å². The van der Waals surface area contributed by atoms with Gasteiger partial charge < -0.3 is 4.57 Å². The van der Waals surface area contributed by atoms with Crippen molar-refractivity contribution in [2.75, 3.05) is 5.75 Å². The lowest BCUT2D eigenvalue weighted by Gasteiger charge is -2.01. The van der Waals surface area contributed by atoms with Crippen molar-refractivity contribution < 1.29 is 17.6 Å². The molecule has 1 amide bonds. The highest BCUT2D eigenvalue weighted by molar-refractivity contribution is 7.92. The standard InChI is InChI=1S/C17H15FN2O3S2/c1-11-3-8-14-15(9-11)24-17(20(14)2)19-16(21)10-25(22,23)13-6-4-12(18)5-7-13/h3-9H,10H2,1-2H3. The summed E-state index contributed by atoms with van der Waals surface area (Å²) in [6.45, 7) is 1.97. The summed E-state index contributed by atoms with van der Waals surface area (Å²) < 4.78 is 40.1. The minimum Gasteiger partial charge on any atom is -0.319 e. The Morgan fingerprint density at radius 2 is 1.88 bits per heavy atom. The summed E-state index contributed by atoms with van der Waals surface area (Å²) in [6.07, 6.45) is 0. The molecule has 8 heteroatoms. The summed E-state index contributed by atoms with van der Waals surface area (Å²) in [5.74, 6) is -2.06. The number of aromatic nitrogens is 1. The second-order valence-electron chi connectivity index (χ2n) is 5.63. The van der Waals surface area contributed by atoms with Crippen molar-refractivity contribution in [2.45, 2.75) is 11.8 Å². The van der Waals surface area contributed by atoms with Crippen LogP contribution >= 0.6 is 11.3 Å². The highest BCUT2D eigenvalue weighted by Gasteiger charge is 2.19. The first-order chi connectivity index (χ1) is 11.8. The van der Waals surface area contributed by atoms with Gasteiger partial charge in [0.1, 0.15) is 11.6 Å². The van der Waals surface area contributed by atoms with Crippen LogP contribution in [0.25, 0.3) is 10.2 Å². The van der Waals surface area contributed by atoms with Crippen LogP contribution in [-0.2, 0) is 21.7 Å². The van der Waals surface area contributed by atoms with Gasteiger partial charge in [-0.05, 0) is 48.9 Å². The molecule has 0 aliphatic carbocycles. The van der Waals surface area contributed by atoms with Crippen molar-refractivity contribution in [1.82, 2.24) is 4.57 Å². The summed E-state index contributed by atoms with van der Waals surface area (Å²) in [5.41, 5.74) is 2.01. The van der Waals surface area contributed by atoms with Gasteiger partial charge in [0, 0.05) is 7.05 Å². The van der Waals surface area contributed by atoms with Crippen LogP contribution in [0.2, 0.25) is 0 Å². The fourth-order valence-electron chi connectivity index (χ4n) is 2.37. The third kappa shape index (κ3) is 3.69. The Morgan fingerprint density at radius 3 is 2.56 bits per heavy atom. The molecular weight excluding hydrogens is 363 g/mol. The van der Waals surface area contributed by atoms with Crippen molar-refractivity contribution >= 4 is 37.3 Å². The number of amides is 1. The van der Waals surface area contributed by atoms with Crippen LogP contribution in [0, 0.1) is 12.7 Å². The second-order valence-corrected chi connectivity index (χ2v) is 8.63. The predicted octanol–water partition coefficient (Wildman–Crippen LogP) is 2.59. The van der Waals surface area contributed by atoms with Crippen molar-refractivity contribution in [3.8, 4) is 0 Å². The van der Waals surface area contributed by atoms with E-state index in [2.05, 4.69) is 4.99 Å². The van der Waals surface area contributed by atoms with Crippen molar-refractivity contribution in [2.24, 2.45) is 12.0 Å². The van der Waals surface area contributed by atoms with Crippen LogP contribution in [0.15, 0.2) is 52.4 Å². The maximum absolute atomic E-state index is 12.9. The number of sulfone groups is 1. The molecule has 5 nitrogen and oxygen atoms in total. The van der Waals surface area contributed by atoms with E-state index < -0.39 is 27.3 Å². The lowest BCUT2D eigenvalue weighted by atomic mass is 10.2. The third-order valence-corrected chi connectivity index (χ3v) is 6.38. The first-order valence-electron chi connectivity index (χ1n) is 7.38. The van der Waals surface area contributed by atoms with Gasteiger partial charge in [-0.3, -0.25) is 4.79 Å². The summed E-state index contributed by atoms with van der Waals surface area (Å²) in [7, 11) is -2.09. The van der Waals surface area contributed by atoms with Crippen LogP contribution in [0.1, 0.15) is 5.56 Å². The number of carbonyl (C=O) groups is 1. The van der Waals surface area contributed by atoms with Crippen LogP contribution < -0.4 is 4.80 Å². The molecule has 0 aliphatic rings. The van der Waals surface area contributed by atoms with E-state index in [4.69, 9.17) is 0 Å². The number of thiazole rings is 1. The lowest BCUT2D eigenvalue weighted by molar-refractivity contribution is -0.115. The topological polar surface area (TPSA) is 68.5 Å². The molecule has 0 aliphatic heterocycles. The molecule has 3 aromatic rings. The quantitative estimate of drug-likeness (QED) is 0.658. The Balaban J connectivity index is 1.93. The number of halogens is 1. The number of carbonyl (C=O) groups excluding carboxylic acids is 1. The average Bonchev–Trinajstić information content (AvgIpc) is 2.82. The SMILES string of the molecule is Cc1ccc2c(c1)sc(=NC(=O)CS(=O)(=O)c1ccc(F)cc1)n2C. The molecule has 0 radical (unpaired) electrons. The Morgan fingerprint density at radius 1 is 1.20 bits per heavy atom. The minimum absolute atomic E-state index is 0.103. The van der Waals surface area contributed by atoms with E-state index in [0.717, 1.165) is 40.0 Å². The molecule has 0 saturated heterocycles. The zero-order valence-electron chi connectivity index (χ0n) is 13.6. The largest absolute Gasteiger partial charge is 0.319 e. The molecule has 1 aromatic heterocycles. The fourth-order valence-corrected chi connectivity index (χ4v) is 4.62. The molecule has 1 heterocycles. The molecule has 0 atom stereocenters. The summed E-state index contributed by atoms with van der Waals surface area (Å²) in [5, 5.41) is 0. The number of rotatable bonds is 3. The van der Waals surface area contributed by atoms with Gasteiger partial charge in [-0.25, -0.2) is 12.8 Å². The van der Waals surface area contributed by atoms with Crippen LogP contribution in [-0.4, -0.2) is 24.6 Å². The maximum atomic E-state index is 12.9. The van der Waals surface area contributed by atoms with Gasteiger partial charge in [0.15, 0.2) is 14.6 Å². The van der Waals surface area contributed by atoms with E-state index in [9.17, 15) is 17.6 Å². The van der Waals surface area contributed by atoms with E-state index >= 15 is 0 Å². The van der Waals surface area contributed by atoms with Crippen LogP contribution in [0.3, 0.4) is 0 Å². The number of nitrogens with zero attached hydrogens (tertiary/aromatic N) is 2. The first-order valence-corrected chi connectivity index (χ1v) is 9.85. The lowest BCUT2D eigenvalue weighted by Crippen LogP contribution is -2.19. The molecule has 0 unspecified atom stereocenters. The van der Waals surface area contributed by atoms with Crippen molar-refractivity contribution in [1.29, 1.82) is 0 Å². The van der Waals surface area contributed by atoms with Gasteiger partial charge in [-0.2, -0.15) is 4.99 Å². The monoisotopic (exact) mass is 378 g/mol. The molecule has 3 rings (SSSR count). The number of hydrogen-bond acceptors (Lipinski definition) is 4. The molecule has 130 valence electrons. The number of aryl methyl sites for hydroxylation is 2. The van der Waals surface area contributed by atoms with E-state index in [1.54, 1.807) is 11.6 Å². The van der Waals surface area contributed by atoms with Crippen LogP contribution in [0.4, 0.5) is 4.39 Å². The number of hydrogen-bond donors (Lipinski definition) is 0. The highest BCUT2D eigenvalue weighted by Crippen LogP contribution is 2.18. The van der Waals surface area contributed by atoms with E-state index in [0.29, 0.717) is 4.80 Å². The van der Waals surface area contributed by atoms with Gasteiger partial charge in [0.25, 0.3) is 5.91 Å². The molecular formula is C17H15FN2O3S2. The second kappa shape index (κ2) is 6.53. The predicted molar refractivity (Wildman–Crippen MR) is 94.6 cm³/mol. The van der Waals surface area contributed by atoms with Gasteiger partial charge in [-0.1, -0.05) is 17.4 Å². The molecule has 0 bridgehead atoms. The zero-order valence-corrected chi connectivity index (χ0v) is 15.2. The summed E-state index contributed by atoms with van der Waals surface area (Å²) in [6, 6.07) is 10.2. The van der Waals surface area contributed by atoms with E-state index in [-0.39, 0.29) is 4.90 Å². The van der Waals surface area contributed by atoms with E-state index in [1.165, 1.54) is 11.3 Å². The van der Waals surface area contributed by atoms with Crippen molar-refractivity contribution in [3.05, 3.63) is 58.6 Å². The molecule has 0 fully saturated rings. The molecule has 0 saturated carbocycles. The van der Waals surface area contributed by atoms with Gasteiger partial charge in [-0.15, -0.1) is 0 Å². The zero-order chi connectivity index (χ0) is 18.2. The fraction of sp³-hybridized carbons (Fsp3) is 0.176. The Hall–Kier alpha value is -2.32. The number of fused-ring (bicyclic) bond motifs is 1. The summed E-state index contributed by atoms with van der Waals surface area (Å²) >= 11 is 1.32. The van der Waals surface area contributed by atoms with E-state index in [1.807, 2.05) is 25.1 Å². The first kappa shape index (κ1) is 17.5. The average molecular weight is 378 g/mol. The normalized spacial score (nSPS) is 12.7. The van der Waals surface area contributed by atoms with Gasteiger partial charge >= 0.3 is 0 Å². The van der Waals surface area contributed by atoms with Crippen molar-refractivity contribution in [3.63, 3.8) is 0 Å². The molecule has 25 heavy (non-hydrogen) atoms. The Kier molecular flexibility index (Phi) is 4.57. The summed E-state index contributed by atoms with van der Waals surface area (Å²) in [4.78, 5) is 16.4. The molecule has 0 spiro atoms. The number of benzene rings is 2. The Bertz CT molecular complexity index is 1130. The van der Waals surface area contributed by atoms with Gasteiger partial charge in [0.05, 0.1) is 15.1 Å². The molecule has 0 N–H and O–H groups in total. The third-order valence-electron chi connectivity index (χ3n) is 3.67. The van der Waals surface area contributed by atoms with Crippen LogP contribution in [0.5, 0.6) is 0 Å². The van der Waals surface area contributed by atoms with Gasteiger partial charge in [0.2, 0.25) is 0 Å². The smallest absolute Gasteiger partial charge is 0.263 e. The highest BCUT2D eigenvalue weighted by atomic mass is 32.2. The minimum atomic E-state index is -3.86. The maximum Gasteiger partial charge on any atom is 0.263 e. The molecule has 2 aromatic carbocycles.